The average molecular weight is 440 g/mol. The van der Waals surface area contributed by atoms with Crippen LogP contribution in [-0.2, 0) is 4.79 Å². The third-order valence-electron chi connectivity index (χ3n) is 4.86. The maximum absolute atomic E-state index is 12.7. The van der Waals surface area contributed by atoms with Crippen LogP contribution in [0.15, 0.2) is 47.9 Å². The Morgan fingerprint density at radius 1 is 1.16 bits per heavy atom. The molecule has 2 aromatic heterocycles. The minimum atomic E-state index is -0.134. The van der Waals surface area contributed by atoms with E-state index in [0.29, 0.717) is 24.2 Å². The van der Waals surface area contributed by atoms with Crippen LogP contribution in [0.4, 0.5) is 0 Å². The van der Waals surface area contributed by atoms with Crippen LogP contribution in [0.2, 0.25) is 0 Å². The van der Waals surface area contributed by atoms with Crippen molar-refractivity contribution >= 4 is 17.7 Å². The Morgan fingerprint density at radius 2 is 1.94 bits per heavy atom. The molecule has 1 aliphatic rings. The SMILES string of the molecule is CC(C)[C@H](NC(=O)CSc1n[nH]c(-c2ccncc2)n1)c1ccc2c(c1)OCCCO2. The number of fused-ring (bicyclic) bond motifs is 1. The van der Waals surface area contributed by atoms with Gasteiger partial charge in [-0.1, -0.05) is 31.7 Å². The van der Waals surface area contributed by atoms with Gasteiger partial charge in [-0.05, 0) is 35.7 Å². The van der Waals surface area contributed by atoms with Crippen molar-refractivity contribution in [3.8, 4) is 22.9 Å². The zero-order valence-electron chi connectivity index (χ0n) is 17.5. The lowest BCUT2D eigenvalue weighted by Crippen LogP contribution is -2.33. The molecule has 0 saturated carbocycles. The second kappa shape index (κ2) is 9.82. The summed E-state index contributed by atoms with van der Waals surface area (Å²) in [5, 5.41) is 10.7. The molecule has 0 spiro atoms. The number of thioether (sulfide) groups is 1. The average Bonchev–Trinajstić information content (AvgIpc) is 3.14. The van der Waals surface area contributed by atoms with Gasteiger partial charge in [0.2, 0.25) is 11.1 Å². The van der Waals surface area contributed by atoms with Crippen LogP contribution in [0.5, 0.6) is 11.5 Å². The fourth-order valence-electron chi connectivity index (χ4n) is 3.30. The Bertz CT molecular complexity index is 1020. The number of benzene rings is 1. The zero-order valence-corrected chi connectivity index (χ0v) is 18.3. The number of ether oxygens (including phenoxy) is 2. The summed E-state index contributed by atoms with van der Waals surface area (Å²) < 4.78 is 11.5. The molecule has 2 N–H and O–H groups in total. The predicted octanol–water partition coefficient (Wildman–Crippen LogP) is 3.63. The highest BCUT2D eigenvalue weighted by Crippen LogP contribution is 2.34. The molecule has 0 radical (unpaired) electrons. The van der Waals surface area contributed by atoms with Crippen molar-refractivity contribution in [2.24, 2.45) is 5.92 Å². The van der Waals surface area contributed by atoms with Crippen molar-refractivity contribution in [2.75, 3.05) is 19.0 Å². The molecule has 31 heavy (non-hydrogen) atoms. The highest BCUT2D eigenvalue weighted by atomic mass is 32.2. The van der Waals surface area contributed by atoms with Crippen LogP contribution in [0.25, 0.3) is 11.4 Å². The van der Waals surface area contributed by atoms with Gasteiger partial charge in [0.1, 0.15) is 0 Å². The number of H-pyrrole nitrogens is 1. The van der Waals surface area contributed by atoms with E-state index in [1.165, 1.54) is 11.8 Å². The van der Waals surface area contributed by atoms with Gasteiger partial charge in [0, 0.05) is 24.4 Å². The zero-order chi connectivity index (χ0) is 21.6. The van der Waals surface area contributed by atoms with Crippen LogP contribution in [0.3, 0.4) is 0 Å². The summed E-state index contributed by atoms with van der Waals surface area (Å²) in [5.41, 5.74) is 1.89. The summed E-state index contributed by atoms with van der Waals surface area (Å²) in [6, 6.07) is 9.44. The topological polar surface area (TPSA) is 102 Å². The second-order valence-electron chi connectivity index (χ2n) is 7.54. The van der Waals surface area contributed by atoms with E-state index in [1.807, 2.05) is 30.3 Å². The summed E-state index contributed by atoms with van der Waals surface area (Å²) in [4.78, 5) is 21.1. The van der Waals surface area contributed by atoms with Gasteiger partial charge in [-0.3, -0.25) is 14.9 Å². The number of aromatic amines is 1. The monoisotopic (exact) mass is 439 g/mol. The molecule has 3 aromatic rings. The third-order valence-corrected chi connectivity index (χ3v) is 5.71. The lowest BCUT2D eigenvalue weighted by Gasteiger charge is -2.23. The number of nitrogens with zero attached hydrogens (tertiary/aromatic N) is 3. The third kappa shape index (κ3) is 5.35. The van der Waals surface area contributed by atoms with Crippen LogP contribution in [-0.4, -0.2) is 45.0 Å². The van der Waals surface area contributed by atoms with Gasteiger partial charge in [0.25, 0.3) is 0 Å². The maximum Gasteiger partial charge on any atom is 0.230 e. The van der Waals surface area contributed by atoms with Crippen LogP contribution in [0.1, 0.15) is 31.9 Å². The number of rotatable bonds is 7. The van der Waals surface area contributed by atoms with Gasteiger partial charge in [0.05, 0.1) is 25.0 Å². The van der Waals surface area contributed by atoms with Gasteiger partial charge < -0.3 is 14.8 Å². The molecule has 1 aliphatic heterocycles. The molecule has 0 aliphatic carbocycles. The molecule has 3 heterocycles. The number of hydrogen-bond donors (Lipinski definition) is 2. The molecule has 1 amide bonds. The molecule has 0 saturated heterocycles. The summed E-state index contributed by atoms with van der Waals surface area (Å²) >= 11 is 1.29. The molecular weight excluding hydrogens is 414 g/mol. The number of amides is 1. The first-order chi connectivity index (χ1) is 15.1. The Labute approximate surface area is 185 Å². The fraction of sp³-hybridized carbons (Fsp3) is 0.364. The summed E-state index contributed by atoms with van der Waals surface area (Å²) in [6.45, 7) is 5.44. The first-order valence-corrected chi connectivity index (χ1v) is 11.2. The van der Waals surface area contributed by atoms with Crippen molar-refractivity contribution in [1.82, 2.24) is 25.5 Å². The van der Waals surface area contributed by atoms with E-state index >= 15 is 0 Å². The standard InChI is InChI=1S/C22H25N5O3S/c1-14(2)20(16-4-5-17-18(12-16)30-11-3-10-29-17)24-19(28)13-31-22-25-21(26-27-22)15-6-8-23-9-7-15/h4-9,12,14,20H,3,10-11,13H2,1-2H3,(H,24,28)(H,25,26,27)/t20-/m0/s1. The Kier molecular flexibility index (Phi) is 6.71. The summed E-state index contributed by atoms with van der Waals surface area (Å²) in [5.74, 6) is 2.49. The molecular formula is C22H25N5O3S. The number of pyridine rings is 1. The van der Waals surface area contributed by atoms with Crippen LogP contribution >= 0.6 is 11.8 Å². The van der Waals surface area contributed by atoms with Crippen molar-refractivity contribution < 1.29 is 14.3 Å². The van der Waals surface area contributed by atoms with Gasteiger partial charge in [-0.25, -0.2) is 4.98 Å². The first kappa shape index (κ1) is 21.2. The van der Waals surface area contributed by atoms with E-state index in [1.54, 1.807) is 12.4 Å². The summed E-state index contributed by atoms with van der Waals surface area (Å²) in [7, 11) is 0. The largest absolute Gasteiger partial charge is 0.490 e. The van der Waals surface area contributed by atoms with Gasteiger partial charge in [0.15, 0.2) is 17.3 Å². The molecule has 9 heteroatoms. The number of nitrogens with one attached hydrogen (secondary N) is 2. The molecule has 1 atom stereocenters. The van der Waals surface area contributed by atoms with Crippen LogP contribution < -0.4 is 14.8 Å². The van der Waals surface area contributed by atoms with E-state index in [2.05, 4.69) is 39.3 Å². The van der Waals surface area contributed by atoms with Gasteiger partial charge in [-0.15, -0.1) is 5.10 Å². The van der Waals surface area contributed by atoms with Crippen molar-refractivity contribution in [3.05, 3.63) is 48.3 Å². The lowest BCUT2D eigenvalue weighted by atomic mass is 9.95. The molecule has 8 nitrogen and oxygen atoms in total. The summed E-state index contributed by atoms with van der Waals surface area (Å²) in [6.07, 6.45) is 4.25. The van der Waals surface area contributed by atoms with E-state index < -0.39 is 0 Å². The highest BCUT2D eigenvalue weighted by Gasteiger charge is 2.21. The normalized spacial score (nSPS) is 14.2. The van der Waals surface area contributed by atoms with E-state index in [0.717, 1.165) is 29.0 Å². The number of carbonyl (C=O) groups excluding carboxylic acids is 1. The number of aromatic nitrogens is 4. The Hall–Kier alpha value is -3.07. The molecule has 162 valence electrons. The fourth-order valence-corrected chi connectivity index (χ4v) is 3.91. The minimum Gasteiger partial charge on any atom is -0.490 e. The quantitative estimate of drug-likeness (QED) is 0.542. The first-order valence-electron chi connectivity index (χ1n) is 10.2. The smallest absolute Gasteiger partial charge is 0.230 e. The Morgan fingerprint density at radius 3 is 2.71 bits per heavy atom. The minimum absolute atomic E-state index is 0.0777. The number of hydrogen-bond acceptors (Lipinski definition) is 7. The van der Waals surface area contributed by atoms with E-state index in [9.17, 15) is 4.79 Å². The van der Waals surface area contributed by atoms with E-state index in [-0.39, 0.29) is 23.6 Å². The number of carbonyl (C=O) groups is 1. The molecule has 1 aromatic carbocycles. The Balaban J connectivity index is 1.38. The molecule has 4 rings (SSSR count). The van der Waals surface area contributed by atoms with Crippen molar-refractivity contribution in [1.29, 1.82) is 0 Å². The molecule has 0 fully saturated rings. The molecule has 0 bridgehead atoms. The second-order valence-corrected chi connectivity index (χ2v) is 8.48. The van der Waals surface area contributed by atoms with E-state index in [4.69, 9.17) is 9.47 Å². The predicted molar refractivity (Wildman–Crippen MR) is 118 cm³/mol. The molecule has 0 unspecified atom stereocenters. The van der Waals surface area contributed by atoms with Gasteiger partial charge in [-0.2, -0.15) is 0 Å². The van der Waals surface area contributed by atoms with Crippen molar-refractivity contribution in [2.45, 2.75) is 31.5 Å². The van der Waals surface area contributed by atoms with Crippen molar-refractivity contribution in [3.63, 3.8) is 0 Å². The maximum atomic E-state index is 12.7. The van der Waals surface area contributed by atoms with Crippen LogP contribution in [0, 0.1) is 5.92 Å². The highest BCUT2D eigenvalue weighted by molar-refractivity contribution is 7.99. The lowest BCUT2D eigenvalue weighted by molar-refractivity contribution is -0.119. The van der Waals surface area contributed by atoms with Gasteiger partial charge >= 0.3 is 0 Å².